The molecule has 8 nitrogen and oxygen atoms in total. The van der Waals surface area contributed by atoms with E-state index in [1.165, 1.54) is 18.2 Å². The van der Waals surface area contributed by atoms with Crippen LogP contribution in [0, 0.1) is 4.91 Å². The summed E-state index contributed by atoms with van der Waals surface area (Å²) < 4.78 is 29.3. The highest BCUT2D eigenvalue weighted by Gasteiger charge is 2.23. The number of nitrogens with zero attached hydrogens (tertiary/aromatic N) is 1. The number of benzene rings is 5. The van der Waals surface area contributed by atoms with Gasteiger partial charge in [0.15, 0.2) is 0 Å². The van der Waals surface area contributed by atoms with Crippen LogP contribution in [-0.4, -0.2) is 8.42 Å². The lowest BCUT2D eigenvalue weighted by molar-refractivity contribution is 0.601. The van der Waals surface area contributed by atoms with Crippen molar-refractivity contribution in [3.63, 3.8) is 0 Å². The number of hydrogen-bond donors (Lipinski definition) is 4. The minimum Gasteiger partial charge on any atom is -0.398 e. The van der Waals surface area contributed by atoms with Crippen molar-refractivity contribution in [2.24, 2.45) is 5.18 Å². The summed E-state index contributed by atoms with van der Waals surface area (Å²) in [7, 11) is -4.11. The minimum atomic E-state index is -4.11. The SMILES string of the molecule is Nc1cccc(S(=O)(=O)Nc2cc(-c3c(N=O)ccc4ccccc34)c(N)c3ccccc23)c1N. The Hall–Kier alpha value is -4.63. The van der Waals surface area contributed by atoms with Gasteiger partial charge in [0.1, 0.15) is 10.6 Å². The number of nitrogens with one attached hydrogen (secondary N) is 1. The van der Waals surface area contributed by atoms with E-state index in [0.29, 0.717) is 27.6 Å². The zero-order valence-corrected chi connectivity index (χ0v) is 19.2. The van der Waals surface area contributed by atoms with E-state index < -0.39 is 10.0 Å². The summed E-state index contributed by atoms with van der Waals surface area (Å²) in [6.07, 6.45) is 0. The molecule has 0 radical (unpaired) electrons. The van der Waals surface area contributed by atoms with Gasteiger partial charge < -0.3 is 17.2 Å². The highest BCUT2D eigenvalue weighted by atomic mass is 32.2. The number of nitroso groups, excluding NO2 is 1. The Balaban J connectivity index is 1.80. The molecular formula is C26H21N5O3S. The predicted octanol–water partition coefficient (Wildman–Crippen LogP) is 5.61. The molecule has 5 rings (SSSR count). The van der Waals surface area contributed by atoms with Crippen molar-refractivity contribution in [3.05, 3.63) is 89.8 Å². The van der Waals surface area contributed by atoms with Gasteiger partial charge in [-0.25, -0.2) is 8.42 Å². The van der Waals surface area contributed by atoms with Crippen molar-refractivity contribution < 1.29 is 8.42 Å². The Bertz CT molecular complexity index is 1750. The molecule has 174 valence electrons. The molecule has 5 aromatic carbocycles. The maximum Gasteiger partial charge on any atom is 0.264 e. The highest BCUT2D eigenvalue weighted by molar-refractivity contribution is 7.93. The topological polar surface area (TPSA) is 154 Å². The van der Waals surface area contributed by atoms with Crippen LogP contribution < -0.4 is 21.9 Å². The van der Waals surface area contributed by atoms with E-state index >= 15 is 0 Å². The molecule has 5 aromatic rings. The lowest BCUT2D eigenvalue weighted by atomic mass is 9.92. The fraction of sp³-hybridized carbons (Fsp3) is 0. The van der Waals surface area contributed by atoms with Crippen LogP contribution in [0.2, 0.25) is 0 Å². The number of nitrogens with two attached hydrogens (primary N) is 3. The maximum absolute atomic E-state index is 13.3. The summed E-state index contributed by atoms with van der Waals surface area (Å²) in [5.74, 6) is 0. The zero-order valence-electron chi connectivity index (χ0n) is 18.4. The van der Waals surface area contributed by atoms with Crippen molar-refractivity contribution in [1.82, 2.24) is 0 Å². The number of fused-ring (bicyclic) bond motifs is 2. The highest BCUT2D eigenvalue weighted by Crippen LogP contribution is 2.45. The van der Waals surface area contributed by atoms with Crippen LogP contribution in [0.3, 0.4) is 0 Å². The van der Waals surface area contributed by atoms with Crippen LogP contribution in [-0.2, 0) is 10.0 Å². The molecule has 0 fully saturated rings. The zero-order chi connectivity index (χ0) is 24.7. The van der Waals surface area contributed by atoms with Gasteiger partial charge in [-0.05, 0) is 40.2 Å². The Morgan fingerprint density at radius 3 is 2.14 bits per heavy atom. The first-order valence-corrected chi connectivity index (χ1v) is 12.1. The van der Waals surface area contributed by atoms with Gasteiger partial charge in [-0.1, -0.05) is 60.7 Å². The molecule has 0 saturated heterocycles. The lowest BCUT2D eigenvalue weighted by Crippen LogP contribution is -2.16. The summed E-state index contributed by atoms with van der Waals surface area (Å²) in [5, 5.41) is 6.07. The third kappa shape index (κ3) is 3.68. The van der Waals surface area contributed by atoms with Gasteiger partial charge in [0, 0.05) is 27.6 Å². The van der Waals surface area contributed by atoms with Crippen LogP contribution in [0.15, 0.2) is 95.0 Å². The largest absolute Gasteiger partial charge is 0.398 e. The Morgan fingerprint density at radius 1 is 0.714 bits per heavy atom. The van der Waals surface area contributed by atoms with E-state index in [0.717, 1.165) is 10.8 Å². The van der Waals surface area contributed by atoms with E-state index in [-0.39, 0.29) is 27.6 Å². The standard InChI is InChI=1S/C26H21N5O3S/c27-20-10-5-11-23(26(20)29)35(33,34)31-22-14-19(25(28)18-9-4-3-8-17(18)22)24-16-7-2-1-6-15(16)12-13-21(24)30-32/h1-14,31H,27-29H2. The summed E-state index contributed by atoms with van der Waals surface area (Å²) in [4.78, 5) is 11.6. The molecule has 9 heteroatoms. The Morgan fingerprint density at radius 2 is 1.40 bits per heavy atom. The van der Waals surface area contributed by atoms with Crippen LogP contribution in [0.25, 0.3) is 32.7 Å². The van der Waals surface area contributed by atoms with Crippen molar-refractivity contribution in [2.45, 2.75) is 4.90 Å². The molecular weight excluding hydrogens is 462 g/mol. The van der Waals surface area contributed by atoms with Crippen LogP contribution in [0.4, 0.5) is 28.4 Å². The number of anilines is 4. The number of rotatable bonds is 5. The average molecular weight is 484 g/mol. The number of sulfonamides is 1. The Kier molecular flexibility index (Phi) is 5.26. The Labute approximate surface area is 201 Å². The second kappa shape index (κ2) is 8.30. The predicted molar refractivity (Wildman–Crippen MR) is 143 cm³/mol. The lowest BCUT2D eigenvalue weighted by Gasteiger charge is -2.18. The number of para-hydroxylation sites is 1. The van der Waals surface area contributed by atoms with Crippen molar-refractivity contribution >= 4 is 60.0 Å². The van der Waals surface area contributed by atoms with Gasteiger partial charge in [0.25, 0.3) is 10.0 Å². The summed E-state index contributed by atoms with van der Waals surface area (Å²) in [6.45, 7) is 0. The third-order valence-corrected chi connectivity index (χ3v) is 7.42. The van der Waals surface area contributed by atoms with Crippen molar-refractivity contribution in [2.75, 3.05) is 21.9 Å². The monoisotopic (exact) mass is 483 g/mol. The van der Waals surface area contributed by atoms with E-state index in [1.807, 2.05) is 24.3 Å². The van der Waals surface area contributed by atoms with E-state index in [4.69, 9.17) is 17.2 Å². The van der Waals surface area contributed by atoms with Crippen LogP contribution in [0.1, 0.15) is 0 Å². The molecule has 0 atom stereocenters. The summed E-state index contributed by atoms with van der Waals surface area (Å²) in [5.41, 5.74) is 20.4. The smallest absolute Gasteiger partial charge is 0.264 e. The van der Waals surface area contributed by atoms with Gasteiger partial charge in [0.2, 0.25) is 0 Å². The molecule has 0 heterocycles. The quantitative estimate of drug-likeness (QED) is 0.188. The van der Waals surface area contributed by atoms with Gasteiger partial charge >= 0.3 is 0 Å². The molecule has 0 bridgehead atoms. The molecule has 0 aliphatic heterocycles. The normalized spacial score (nSPS) is 11.5. The summed E-state index contributed by atoms with van der Waals surface area (Å²) in [6, 6.07) is 24.1. The van der Waals surface area contributed by atoms with Gasteiger partial charge in [-0.2, -0.15) is 0 Å². The van der Waals surface area contributed by atoms with E-state index in [2.05, 4.69) is 9.90 Å². The molecule has 0 amide bonds. The molecule has 0 aromatic heterocycles. The van der Waals surface area contributed by atoms with Crippen molar-refractivity contribution in [3.8, 4) is 11.1 Å². The van der Waals surface area contributed by atoms with E-state index in [9.17, 15) is 13.3 Å². The second-order valence-electron chi connectivity index (χ2n) is 8.07. The molecule has 0 aliphatic carbocycles. The summed E-state index contributed by atoms with van der Waals surface area (Å²) >= 11 is 0. The molecule has 0 saturated carbocycles. The molecule has 7 N–H and O–H groups in total. The molecule has 0 spiro atoms. The fourth-order valence-corrected chi connectivity index (χ4v) is 5.54. The third-order valence-electron chi connectivity index (χ3n) is 5.99. The minimum absolute atomic E-state index is 0.0403. The van der Waals surface area contributed by atoms with Crippen LogP contribution in [0.5, 0.6) is 0 Å². The van der Waals surface area contributed by atoms with Crippen molar-refractivity contribution in [1.29, 1.82) is 0 Å². The van der Waals surface area contributed by atoms with Gasteiger partial charge in [0.05, 0.1) is 17.1 Å². The fourth-order valence-electron chi connectivity index (χ4n) is 4.30. The van der Waals surface area contributed by atoms with Gasteiger partial charge in [-0.15, -0.1) is 4.91 Å². The number of nitrogen functional groups attached to an aromatic ring is 3. The average Bonchev–Trinajstić information content (AvgIpc) is 2.86. The number of hydrogen-bond acceptors (Lipinski definition) is 7. The maximum atomic E-state index is 13.3. The molecule has 0 unspecified atom stereocenters. The second-order valence-corrected chi connectivity index (χ2v) is 9.72. The van der Waals surface area contributed by atoms with Crippen LogP contribution >= 0.6 is 0 Å². The van der Waals surface area contributed by atoms with E-state index in [1.54, 1.807) is 42.5 Å². The first-order chi connectivity index (χ1) is 16.8. The molecule has 35 heavy (non-hydrogen) atoms. The molecule has 0 aliphatic rings. The first-order valence-electron chi connectivity index (χ1n) is 10.7. The van der Waals surface area contributed by atoms with Gasteiger partial charge in [-0.3, -0.25) is 4.72 Å². The first kappa shape index (κ1) is 22.2.